The van der Waals surface area contributed by atoms with Gasteiger partial charge in [-0.1, -0.05) is 36.8 Å². The van der Waals surface area contributed by atoms with Gasteiger partial charge in [-0.3, -0.25) is 4.79 Å². The Hall–Kier alpha value is -2.55. The Morgan fingerprint density at radius 3 is 2.52 bits per heavy atom. The van der Waals surface area contributed by atoms with Crippen LogP contribution in [0, 0.1) is 13.8 Å². The number of nitrogens with zero attached hydrogens (tertiary/aromatic N) is 1. The van der Waals surface area contributed by atoms with Crippen molar-refractivity contribution in [3.05, 3.63) is 70.9 Å². The number of unbranched alkanes of at least 4 members (excludes halogenated alkanes) is 2. The summed E-state index contributed by atoms with van der Waals surface area (Å²) in [5, 5.41) is 1.29. The highest BCUT2D eigenvalue weighted by Gasteiger charge is 2.07. The maximum Gasteiger partial charge on any atom is 0.305 e. The highest BCUT2D eigenvalue weighted by molar-refractivity contribution is 5.81. The Kier molecular flexibility index (Phi) is 6.33. The van der Waals surface area contributed by atoms with Gasteiger partial charge in [0.2, 0.25) is 0 Å². The lowest BCUT2D eigenvalue weighted by Crippen LogP contribution is -2.02. The van der Waals surface area contributed by atoms with Crippen LogP contribution < -0.4 is 0 Å². The van der Waals surface area contributed by atoms with Crippen LogP contribution in [0.1, 0.15) is 47.9 Å². The van der Waals surface area contributed by atoms with E-state index < -0.39 is 0 Å². The summed E-state index contributed by atoms with van der Waals surface area (Å²) in [4.78, 5) is 11.2. The van der Waals surface area contributed by atoms with Gasteiger partial charge in [-0.2, -0.15) is 0 Å². The minimum Gasteiger partial charge on any atom is -0.469 e. The molecule has 0 amide bonds. The molecule has 3 heteroatoms. The van der Waals surface area contributed by atoms with Crippen molar-refractivity contribution < 1.29 is 9.53 Å². The molecule has 3 nitrogen and oxygen atoms in total. The maximum atomic E-state index is 11.2. The van der Waals surface area contributed by atoms with Gasteiger partial charge in [0, 0.05) is 24.7 Å². The average molecular weight is 364 g/mol. The molecule has 0 aliphatic heterocycles. The Morgan fingerprint density at radius 1 is 1.00 bits per heavy atom. The predicted octanol–water partition coefficient (Wildman–Crippen LogP) is 5.58. The first-order valence-electron chi connectivity index (χ1n) is 9.78. The standard InChI is InChI=1S/C24H29NO2/c1-18-8-7-9-19(2)22(18)17-25-15-14-21-13-12-20(16-23(21)25)10-5-4-6-11-24(26)27-3/h7-9,12-16H,4-6,10-11,17H2,1-3H3. The minimum atomic E-state index is -0.110. The number of aryl methyl sites for hydroxylation is 3. The number of esters is 1. The number of hydrogen-bond donors (Lipinski definition) is 0. The monoisotopic (exact) mass is 363 g/mol. The van der Waals surface area contributed by atoms with E-state index in [0.29, 0.717) is 6.42 Å². The molecule has 0 atom stereocenters. The summed E-state index contributed by atoms with van der Waals surface area (Å²) in [5.74, 6) is -0.110. The van der Waals surface area contributed by atoms with Crippen LogP contribution >= 0.6 is 0 Å². The quantitative estimate of drug-likeness (QED) is 0.386. The second kappa shape index (κ2) is 8.90. The van der Waals surface area contributed by atoms with Crippen LogP contribution in [0.2, 0.25) is 0 Å². The van der Waals surface area contributed by atoms with Gasteiger partial charge in [-0.25, -0.2) is 0 Å². The van der Waals surface area contributed by atoms with E-state index in [1.165, 1.54) is 40.3 Å². The van der Waals surface area contributed by atoms with Gasteiger partial charge in [0.1, 0.15) is 0 Å². The molecule has 0 saturated heterocycles. The second-order valence-electron chi connectivity index (χ2n) is 7.34. The summed E-state index contributed by atoms with van der Waals surface area (Å²) in [6.07, 6.45) is 6.81. The highest BCUT2D eigenvalue weighted by Crippen LogP contribution is 2.22. The topological polar surface area (TPSA) is 31.2 Å². The van der Waals surface area contributed by atoms with Crippen molar-refractivity contribution in [1.82, 2.24) is 4.57 Å². The van der Waals surface area contributed by atoms with E-state index in [1.807, 2.05) is 0 Å². The van der Waals surface area contributed by atoms with Crippen molar-refractivity contribution >= 4 is 16.9 Å². The zero-order valence-electron chi connectivity index (χ0n) is 16.6. The third-order valence-corrected chi connectivity index (χ3v) is 5.39. The van der Waals surface area contributed by atoms with Crippen LogP contribution in [0.3, 0.4) is 0 Å². The lowest BCUT2D eigenvalue weighted by molar-refractivity contribution is -0.140. The normalized spacial score (nSPS) is 11.1. The van der Waals surface area contributed by atoms with E-state index in [-0.39, 0.29) is 5.97 Å². The number of benzene rings is 2. The van der Waals surface area contributed by atoms with Crippen LogP contribution in [-0.2, 0) is 22.5 Å². The van der Waals surface area contributed by atoms with E-state index in [4.69, 9.17) is 4.74 Å². The molecule has 0 aliphatic carbocycles. The SMILES string of the molecule is COC(=O)CCCCCc1ccc2ccn(Cc3c(C)cccc3C)c2c1. The number of ether oxygens (including phenoxy) is 1. The lowest BCUT2D eigenvalue weighted by atomic mass is 10.0. The van der Waals surface area contributed by atoms with Gasteiger partial charge in [-0.05, 0) is 72.9 Å². The van der Waals surface area contributed by atoms with Crippen molar-refractivity contribution in [2.75, 3.05) is 7.11 Å². The first-order chi connectivity index (χ1) is 13.1. The molecule has 0 spiro atoms. The molecule has 142 valence electrons. The molecule has 0 N–H and O–H groups in total. The number of hydrogen-bond acceptors (Lipinski definition) is 2. The largest absolute Gasteiger partial charge is 0.469 e. The van der Waals surface area contributed by atoms with Crippen molar-refractivity contribution in [2.24, 2.45) is 0 Å². The number of methoxy groups -OCH3 is 1. The van der Waals surface area contributed by atoms with E-state index >= 15 is 0 Å². The molecule has 1 heterocycles. The maximum absolute atomic E-state index is 11.2. The predicted molar refractivity (Wildman–Crippen MR) is 111 cm³/mol. The van der Waals surface area contributed by atoms with Crippen molar-refractivity contribution in [3.8, 4) is 0 Å². The van der Waals surface area contributed by atoms with Crippen molar-refractivity contribution in [2.45, 2.75) is 52.5 Å². The summed E-state index contributed by atoms with van der Waals surface area (Å²) >= 11 is 0. The molecule has 0 bridgehead atoms. The van der Waals surface area contributed by atoms with Crippen LogP contribution in [0.25, 0.3) is 10.9 Å². The van der Waals surface area contributed by atoms with Gasteiger partial charge in [0.05, 0.1) is 7.11 Å². The number of fused-ring (bicyclic) bond motifs is 1. The van der Waals surface area contributed by atoms with E-state index in [9.17, 15) is 4.79 Å². The van der Waals surface area contributed by atoms with Gasteiger partial charge < -0.3 is 9.30 Å². The molecule has 0 radical (unpaired) electrons. The fourth-order valence-electron chi connectivity index (χ4n) is 3.67. The average Bonchev–Trinajstić information content (AvgIpc) is 3.06. The van der Waals surface area contributed by atoms with Gasteiger partial charge in [0.15, 0.2) is 0 Å². The molecular formula is C24H29NO2. The van der Waals surface area contributed by atoms with Crippen LogP contribution in [-0.4, -0.2) is 17.6 Å². The fourth-order valence-corrected chi connectivity index (χ4v) is 3.67. The summed E-state index contributed by atoms with van der Waals surface area (Å²) in [7, 11) is 1.45. The molecule has 0 fully saturated rings. The molecule has 27 heavy (non-hydrogen) atoms. The fraction of sp³-hybridized carbons (Fsp3) is 0.375. The number of rotatable bonds is 8. The second-order valence-corrected chi connectivity index (χ2v) is 7.34. The van der Waals surface area contributed by atoms with Crippen LogP contribution in [0.15, 0.2) is 48.7 Å². The van der Waals surface area contributed by atoms with Crippen LogP contribution in [0.4, 0.5) is 0 Å². The number of carbonyl (C=O) groups is 1. The van der Waals surface area contributed by atoms with Crippen LogP contribution in [0.5, 0.6) is 0 Å². The highest BCUT2D eigenvalue weighted by atomic mass is 16.5. The molecule has 3 aromatic rings. The Bertz CT molecular complexity index is 903. The van der Waals surface area contributed by atoms with E-state index in [2.05, 4.69) is 67.1 Å². The lowest BCUT2D eigenvalue weighted by Gasteiger charge is -2.12. The summed E-state index contributed by atoms with van der Waals surface area (Å²) < 4.78 is 7.04. The molecule has 0 unspecified atom stereocenters. The molecule has 0 aliphatic rings. The zero-order valence-corrected chi connectivity index (χ0v) is 16.6. The molecule has 1 aromatic heterocycles. The zero-order chi connectivity index (χ0) is 19.2. The van der Waals surface area contributed by atoms with E-state index in [0.717, 1.165) is 32.2 Å². The third-order valence-electron chi connectivity index (χ3n) is 5.39. The molecular weight excluding hydrogens is 334 g/mol. The van der Waals surface area contributed by atoms with Crippen molar-refractivity contribution in [1.29, 1.82) is 0 Å². The van der Waals surface area contributed by atoms with Crippen molar-refractivity contribution in [3.63, 3.8) is 0 Å². The van der Waals surface area contributed by atoms with Gasteiger partial charge >= 0.3 is 5.97 Å². The number of aromatic nitrogens is 1. The summed E-state index contributed by atoms with van der Waals surface area (Å²) in [6, 6.07) is 15.5. The smallest absolute Gasteiger partial charge is 0.305 e. The molecule has 3 rings (SSSR count). The third kappa shape index (κ3) is 4.79. The van der Waals surface area contributed by atoms with Gasteiger partial charge in [0.25, 0.3) is 0 Å². The van der Waals surface area contributed by atoms with Gasteiger partial charge in [-0.15, -0.1) is 0 Å². The van der Waals surface area contributed by atoms with E-state index in [1.54, 1.807) is 0 Å². The molecule has 0 saturated carbocycles. The number of carbonyl (C=O) groups excluding carboxylic acids is 1. The minimum absolute atomic E-state index is 0.110. The Labute approximate surface area is 162 Å². The first-order valence-corrected chi connectivity index (χ1v) is 9.78. The Morgan fingerprint density at radius 2 is 1.78 bits per heavy atom. The summed E-state index contributed by atoms with van der Waals surface area (Å²) in [6.45, 7) is 5.28. The molecule has 2 aromatic carbocycles. The summed E-state index contributed by atoms with van der Waals surface area (Å²) in [5.41, 5.74) is 6.76. The Balaban J connectivity index is 1.68. The first kappa shape index (κ1) is 19.2.